The predicted molar refractivity (Wildman–Crippen MR) is 74.7 cm³/mol. The average molecular weight is 294 g/mol. The second-order valence-electron chi connectivity index (χ2n) is 5.05. The molecule has 8 heteroatoms. The van der Waals surface area contributed by atoms with Crippen LogP contribution in [-0.2, 0) is 0 Å². The summed E-state index contributed by atoms with van der Waals surface area (Å²) in [4.78, 5) is 28.9. The molecule has 1 aliphatic heterocycles. The van der Waals surface area contributed by atoms with Crippen LogP contribution in [0.15, 0.2) is 10.9 Å². The van der Waals surface area contributed by atoms with Crippen molar-refractivity contribution in [3.8, 4) is 0 Å². The number of carboxylic acids is 1. The standard InChI is InChI=1S/C12H14N4O3S/c1-6-3-4-7(2)15(6)12-14-16-8(10(18)19)5-9(17)13-11(16)20-12/h5-7H,3-4H2,1-2H3,(H,18,19). The van der Waals surface area contributed by atoms with Gasteiger partial charge < -0.3 is 10.0 Å². The lowest BCUT2D eigenvalue weighted by molar-refractivity contribution is 0.0687. The molecule has 2 aromatic rings. The second kappa shape index (κ2) is 4.55. The number of hydrogen-bond acceptors (Lipinski definition) is 6. The van der Waals surface area contributed by atoms with Gasteiger partial charge in [0.25, 0.3) is 5.56 Å². The maximum atomic E-state index is 11.4. The average Bonchev–Trinajstić information content (AvgIpc) is 2.91. The number of aromatic nitrogens is 3. The van der Waals surface area contributed by atoms with Crippen LogP contribution in [0.4, 0.5) is 5.13 Å². The van der Waals surface area contributed by atoms with Gasteiger partial charge in [-0.1, -0.05) is 11.3 Å². The molecule has 0 aromatic carbocycles. The van der Waals surface area contributed by atoms with Crippen molar-refractivity contribution >= 4 is 27.4 Å². The minimum absolute atomic E-state index is 0.151. The summed E-state index contributed by atoms with van der Waals surface area (Å²) < 4.78 is 1.24. The Kier molecular flexibility index (Phi) is 2.97. The van der Waals surface area contributed by atoms with E-state index in [1.807, 2.05) is 0 Å². The SMILES string of the molecule is CC1CCC(C)N1c1nn2c(C(=O)O)cc(=O)nc2s1. The molecular weight excluding hydrogens is 280 g/mol. The van der Waals surface area contributed by atoms with Gasteiger partial charge in [-0.2, -0.15) is 9.50 Å². The van der Waals surface area contributed by atoms with E-state index in [2.05, 4.69) is 28.8 Å². The summed E-state index contributed by atoms with van der Waals surface area (Å²) in [6.07, 6.45) is 2.15. The van der Waals surface area contributed by atoms with E-state index in [1.54, 1.807) is 0 Å². The smallest absolute Gasteiger partial charge is 0.354 e. The number of nitrogens with zero attached hydrogens (tertiary/aromatic N) is 4. The van der Waals surface area contributed by atoms with Crippen molar-refractivity contribution in [2.24, 2.45) is 0 Å². The lowest BCUT2D eigenvalue weighted by Crippen LogP contribution is -2.32. The van der Waals surface area contributed by atoms with Gasteiger partial charge in [-0.3, -0.25) is 4.79 Å². The molecule has 0 amide bonds. The lowest BCUT2D eigenvalue weighted by Gasteiger charge is -2.24. The Morgan fingerprint density at radius 2 is 2.05 bits per heavy atom. The van der Waals surface area contributed by atoms with Gasteiger partial charge in [0.15, 0.2) is 5.69 Å². The summed E-state index contributed by atoms with van der Waals surface area (Å²) >= 11 is 1.25. The Balaban J connectivity index is 2.18. The van der Waals surface area contributed by atoms with Gasteiger partial charge in [0.2, 0.25) is 10.1 Å². The molecule has 0 radical (unpaired) electrons. The van der Waals surface area contributed by atoms with Crippen molar-refractivity contribution in [1.82, 2.24) is 14.6 Å². The monoisotopic (exact) mass is 294 g/mol. The van der Waals surface area contributed by atoms with Gasteiger partial charge in [-0.05, 0) is 26.7 Å². The number of rotatable bonds is 2. The summed E-state index contributed by atoms with van der Waals surface area (Å²) in [5, 5.41) is 14.2. The van der Waals surface area contributed by atoms with E-state index in [4.69, 9.17) is 5.11 Å². The maximum Gasteiger partial charge on any atom is 0.354 e. The van der Waals surface area contributed by atoms with Crippen molar-refractivity contribution in [1.29, 1.82) is 0 Å². The predicted octanol–water partition coefficient (Wildman–Crippen LogP) is 1.23. The van der Waals surface area contributed by atoms with Crippen molar-refractivity contribution in [2.75, 3.05) is 4.90 Å². The number of aromatic carboxylic acids is 1. The fourth-order valence-corrected chi connectivity index (χ4v) is 3.75. The van der Waals surface area contributed by atoms with E-state index in [0.717, 1.165) is 18.9 Å². The fourth-order valence-electron chi connectivity index (χ4n) is 2.63. The summed E-state index contributed by atoms with van der Waals surface area (Å²) in [7, 11) is 0. The van der Waals surface area contributed by atoms with E-state index < -0.39 is 11.5 Å². The molecule has 20 heavy (non-hydrogen) atoms. The Bertz CT molecular complexity index is 728. The van der Waals surface area contributed by atoms with Gasteiger partial charge in [0, 0.05) is 18.2 Å². The minimum Gasteiger partial charge on any atom is -0.477 e. The molecule has 2 aromatic heterocycles. The third-order valence-electron chi connectivity index (χ3n) is 3.64. The Labute approximate surface area is 118 Å². The van der Waals surface area contributed by atoms with Gasteiger partial charge in [-0.25, -0.2) is 4.79 Å². The highest BCUT2D eigenvalue weighted by Gasteiger charge is 2.30. The zero-order valence-corrected chi connectivity index (χ0v) is 11.9. The topological polar surface area (TPSA) is 87.8 Å². The molecule has 1 fully saturated rings. The van der Waals surface area contributed by atoms with Crippen LogP contribution in [-0.4, -0.2) is 37.8 Å². The van der Waals surface area contributed by atoms with Crippen LogP contribution in [0.5, 0.6) is 0 Å². The summed E-state index contributed by atoms with van der Waals surface area (Å²) in [5.74, 6) is -1.18. The summed E-state index contributed by atoms with van der Waals surface area (Å²) in [5.41, 5.74) is -0.706. The molecule has 7 nitrogen and oxygen atoms in total. The highest BCUT2D eigenvalue weighted by Crippen LogP contribution is 2.32. The quantitative estimate of drug-likeness (QED) is 0.896. The fraction of sp³-hybridized carbons (Fsp3) is 0.500. The largest absolute Gasteiger partial charge is 0.477 e. The third-order valence-corrected chi connectivity index (χ3v) is 4.56. The van der Waals surface area contributed by atoms with Crippen molar-refractivity contribution in [3.63, 3.8) is 0 Å². The number of hydrogen-bond donors (Lipinski definition) is 1. The van der Waals surface area contributed by atoms with Gasteiger partial charge >= 0.3 is 5.97 Å². The number of anilines is 1. The van der Waals surface area contributed by atoms with E-state index in [-0.39, 0.29) is 5.69 Å². The first kappa shape index (κ1) is 13.0. The molecule has 3 heterocycles. The molecule has 0 bridgehead atoms. The molecule has 1 N–H and O–H groups in total. The van der Waals surface area contributed by atoms with Gasteiger partial charge in [0.1, 0.15) is 0 Å². The zero-order valence-electron chi connectivity index (χ0n) is 11.1. The molecule has 2 atom stereocenters. The van der Waals surface area contributed by atoms with Crippen LogP contribution in [0, 0.1) is 0 Å². The molecule has 0 saturated carbocycles. The third kappa shape index (κ3) is 1.96. The highest BCUT2D eigenvalue weighted by molar-refractivity contribution is 7.20. The Morgan fingerprint density at radius 1 is 1.40 bits per heavy atom. The lowest BCUT2D eigenvalue weighted by atomic mass is 10.2. The number of carbonyl (C=O) groups is 1. The van der Waals surface area contributed by atoms with Crippen molar-refractivity contribution in [3.05, 3.63) is 22.1 Å². The van der Waals surface area contributed by atoms with Crippen LogP contribution in [0.3, 0.4) is 0 Å². The van der Waals surface area contributed by atoms with Crippen molar-refractivity contribution < 1.29 is 9.90 Å². The first-order valence-corrected chi connectivity index (χ1v) is 7.21. The summed E-state index contributed by atoms with van der Waals surface area (Å²) in [6.45, 7) is 4.23. The first-order valence-electron chi connectivity index (χ1n) is 6.40. The van der Waals surface area contributed by atoms with Crippen LogP contribution in [0.2, 0.25) is 0 Å². The molecule has 1 saturated heterocycles. The molecule has 1 aliphatic rings. The molecular formula is C12H14N4O3S. The van der Waals surface area contributed by atoms with Crippen LogP contribution < -0.4 is 10.5 Å². The van der Waals surface area contributed by atoms with Crippen LogP contribution in [0.1, 0.15) is 37.2 Å². The van der Waals surface area contributed by atoms with Gasteiger partial charge in [0.05, 0.1) is 0 Å². The highest BCUT2D eigenvalue weighted by atomic mass is 32.1. The first-order chi connectivity index (χ1) is 9.47. The van der Waals surface area contributed by atoms with E-state index in [0.29, 0.717) is 22.2 Å². The molecule has 106 valence electrons. The second-order valence-corrected chi connectivity index (χ2v) is 5.98. The van der Waals surface area contributed by atoms with E-state index in [1.165, 1.54) is 15.9 Å². The van der Waals surface area contributed by atoms with E-state index >= 15 is 0 Å². The van der Waals surface area contributed by atoms with Gasteiger partial charge in [-0.15, -0.1) is 5.10 Å². The zero-order chi connectivity index (χ0) is 14.4. The van der Waals surface area contributed by atoms with Crippen LogP contribution in [0.25, 0.3) is 4.96 Å². The Hall–Kier alpha value is -1.96. The van der Waals surface area contributed by atoms with E-state index in [9.17, 15) is 9.59 Å². The number of carboxylic acid groups (broad SMARTS) is 1. The molecule has 0 spiro atoms. The Morgan fingerprint density at radius 3 is 2.65 bits per heavy atom. The normalized spacial score (nSPS) is 22.6. The molecule has 2 unspecified atom stereocenters. The maximum absolute atomic E-state index is 11.4. The van der Waals surface area contributed by atoms with Crippen molar-refractivity contribution in [2.45, 2.75) is 38.8 Å². The summed E-state index contributed by atoms with van der Waals surface area (Å²) in [6, 6.07) is 1.70. The molecule has 0 aliphatic carbocycles. The molecule has 3 rings (SSSR count). The minimum atomic E-state index is -1.18. The van der Waals surface area contributed by atoms with Crippen LogP contribution >= 0.6 is 11.3 Å². The number of fused-ring (bicyclic) bond motifs is 1.